The van der Waals surface area contributed by atoms with Crippen LogP contribution in [0.4, 0.5) is 4.39 Å². The van der Waals surface area contributed by atoms with Crippen LogP contribution in [0.2, 0.25) is 0 Å². The van der Waals surface area contributed by atoms with E-state index in [0.717, 1.165) is 55.1 Å². The van der Waals surface area contributed by atoms with Crippen molar-refractivity contribution in [1.82, 2.24) is 19.4 Å². The zero-order valence-corrected chi connectivity index (χ0v) is 16.1. The fourth-order valence-electron chi connectivity index (χ4n) is 3.77. The highest BCUT2D eigenvalue weighted by Crippen LogP contribution is 2.19. The van der Waals surface area contributed by atoms with Gasteiger partial charge in [-0.15, -0.1) is 0 Å². The van der Waals surface area contributed by atoms with Crippen LogP contribution in [0.1, 0.15) is 18.3 Å². The second kappa shape index (κ2) is 8.10. The Kier molecular flexibility index (Phi) is 5.39. The number of likely N-dealkylation sites (N-methyl/N-ethyl adjacent to an activating group) is 1. The number of hydrogen-bond donors (Lipinski definition) is 0. The molecule has 0 saturated carbocycles. The number of hydrogen-bond acceptors (Lipinski definition) is 3. The second-order valence-electron chi connectivity index (χ2n) is 7.22. The van der Waals surface area contributed by atoms with Gasteiger partial charge < -0.3 is 14.4 Å². The van der Waals surface area contributed by atoms with E-state index in [9.17, 15) is 9.18 Å². The minimum Gasteiger partial charge on any atom is -0.339 e. The third-order valence-corrected chi connectivity index (χ3v) is 5.47. The molecule has 28 heavy (non-hydrogen) atoms. The van der Waals surface area contributed by atoms with Crippen molar-refractivity contribution >= 4 is 16.9 Å². The van der Waals surface area contributed by atoms with Crippen LogP contribution in [0.3, 0.4) is 0 Å². The molecule has 4 rings (SSSR count). The van der Waals surface area contributed by atoms with Gasteiger partial charge >= 0.3 is 0 Å². The molecule has 5 nitrogen and oxygen atoms in total. The number of benzene rings is 2. The van der Waals surface area contributed by atoms with Crippen LogP contribution in [0.25, 0.3) is 11.0 Å². The quantitative estimate of drug-likeness (QED) is 0.683. The Morgan fingerprint density at radius 2 is 1.75 bits per heavy atom. The summed E-state index contributed by atoms with van der Waals surface area (Å²) in [6.45, 7) is 6.85. The van der Waals surface area contributed by atoms with E-state index in [-0.39, 0.29) is 18.3 Å². The maximum Gasteiger partial charge on any atom is 0.242 e. The normalized spacial score (nSPS) is 15.3. The fourth-order valence-corrected chi connectivity index (χ4v) is 3.77. The third kappa shape index (κ3) is 3.92. The molecule has 1 aliphatic heterocycles. The number of halogens is 1. The molecule has 1 aromatic heterocycles. The van der Waals surface area contributed by atoms with Gasteiger partial charge in [0.05, 0.1) is 11.0 Å². The van der Waals surface area contributed by atoms with E-state index in [4.69, 9.17) is 4.98 Å². The van der Waals surface area contributed by atoms with Crippen LogP contribution < -0.4 is 0 Å². The number of carbonyl (C=O) groups is 1. The van der Waals surface area contributed by atoms with E-state index in [1.807, 2.05) is 33.7 Å². The Bertz CT molecular complexity index is 958. The van der Waals surface area contributed by atoms with Crippen LogP contribution in [0.15, 0.2) is 48.5 Å². The summed E-state index contributed by atoms with van der Waals surface area (Å²) >= 11 is 0. The Morgan fingerprint density at radius 3 is 2.46 bits per heavy atom. The highest BCUT2D eigenvalue weighted by Gasteiger charge is 2.22. The van der Waals surface area contributed by atoms with Gasteiger partial charge in [0.1, 0.15) is 18.2 Å². The maximum absolute atomic E-state index is 13.2. The standard InChI is InChI=1S/C22H25FN4O/c1-2-25-11-13-26(14-12-25)22(28)16-27-20-6-4-3-5-19(20)24-21(27)15-17-7-9-18(23)10-8-17/h3-10H,2,11-16H2,1H3. The van der Waals surface area contributed by atoms with Crippen molar-refractivity contribution in [3.05, 3.63) is 65.7 Å². The van der Waals surface area contributed by atoms with Crippen molar-refractivity contribution in [2.24, 2.45) is 0 Å². The lowest BCUT2D eigenvalue weighted by atomic mass is 10.1. The maximum atomic E-state index is 13.2. The predicted octanol–water partition coefficient (Wildman–Crippen LogP) is 2.93. The molecular formula is C22H25FN4O. The van der Waals surface area contributed by atoms with Gasteiger partial charge in [-0.3, -0.25) is 4.79 Å². The van der Waals surface area contributed by atoms with Gasteiger partial charge in [-0.2, -0.15) is 0 Å². The number of nitrogens with zero attached hydrogens (tertiary/aromatic N) is 4. The highest BCUT2D eigenvalue weighted by atomic mass is 19.1. The molecule has 146 valence electrons. The number of imidazole rings is 1. The molecule has 0 radical (unpaired) electrons. The van der Waals surface area contributed by atoms with Crippen molar-refractivity contribution in [2.45, 2.75) is 19.9 Å². The molecular weight excluding hydrogens is 355 g/mol. The second-order valence-corrected chi connectivity index (χ2v) is 7.22. The Balaban J connectivity index is 1.58. The highest BCUT2D eigenvalue weighted by molar-refractivity contribution is 5.81. The number of amides is 1. The number of fused-ring (bicyclic) bond motifs is 1. The predicted molar refractivity (Wildman–Crippen MR) is 108 cm³/mol. The van der Waals surface area contributed by atoms with Crippen LogP contribution in [0.5, 0.6) is 0 Å². The largest absolute Gasteiger partial charge is 0.339 e. The summed E-state index contributed by atoms with van der Waals surface area (Å²) in [5, 5.41) is 0. The van der Waals surface area contributed by atoms with Crippen LogP contribution >= 0.6 is 0 Å². The smallest absolute Gasteiger partial charge is 0.242 e. The van der Waals surface area contributed by atoms with Crippen molar-refractivity contribution in [2.75, 3.05) is 32.7 Å². The molecule has 1 amide bonds. The summed E-state index contributed by atoms with van der Waals surface area (Å²) in [7, 11) is 0. The molecule has 1 fully saturated rings. The first kappa shape index (κ1) is 18.6. The first-order chi connectivity index (χ1) is 13.6. The van der Waals surface area contributed by atoms with Gasteiger partial charge in [0, 0.05) is 32.6 Å². The number of para-hydroxylation sites is 2. The van der Waals surface area contributed by atoms with Crippen LogP contribution in [-0.2, 0) is 17.8 Å². The van der Waals surface area contributed by atoms with Gasteiger partial charge in [0.25, 0.3) is 0 Å². The molecule has 2 aromatic carbocycles. The molecule has 0 N–H and O–H groups in total. The van der Waals surface area contributed by atoms with Crippen molar-refractivity contribution in [1.29, 1.82) is 0 Å². The summed E-state index contributed by atoms with van der Waals surface area (Å²) in [4.78, 5) is 22.0. The zero-order chi connectivity index (χ0) is 19.5. The molecule has 0 aliphatic carbocycles. The summed E-state index contributed by atoms with van der Waals surface area (Å²) in [6.07, 6.45) is 0.561. The summed E-state index contributed by atoms with van der Waals surface area (Å²) in [6, 6.07) is 14.3. The fraction of sp³-hybridized carbons (Fsp3) is 0.364. The third-order valence-electron chi connectivity index (χ3n) is 5.47. The molecule has 2 heterocycles. The lowest BCUT2D eigenvalue weighted by Gasteiger charge is -2.34. The van der Waals surface area contributed by atoms with Gasteiger partial charge in [0.2, 0.25) is 5.91 Å². The molecule has 3 aromatic rings. The number of rotatable bonds is 5. The average molecular weight is 380 g/mol. The Labute approximate surface area is 164 Å². The minimum absolute atomic E-state index is 0.124. The van der Waals surface area contributed by atoms with E-state index in [1.54, 1.807) is 12.1 Å². The lowest BCUT2D eigenvalue weighted by Crippen LogP contribution is -2.49. The van der Waals surface area contributed by atoms with Crippen molar-refractivity contribution in [3.8, 4) is 0 Å². The SMILES string of the molecule is CCN1CCN(C(=O)Cn2c(Cc3ccc(F)cc3)nc3ccccc32)CC1. The first-order valence-electron chi connectivity index (χ1n) is 9.82. The van der Waals surface area contributed by atoms with Crippen molar-refractivity contribution < 1.29 is 9.18 Å². The van der Waals surface area contributed by atoms with Crippen LogP contribution in [-0.4, -0.2) is 58.0 Å². The summed E-state index contributed by atoms with van der Waals surface area (Å²) < 4.78 is 15.2. The zero-order valence-electron chi connectivity index (χ0n) is 16.1. The molecule has 1 aliphatic rings. The monoisotopic (exact) mass is 380 g/mol. The van der Waals surface area contributed by atoms with Gasteiger partial charge in [-0.25, -0.2) is 9.37 Å². The molecule has 0 unspecified atom stereocenters. The van der Waals surface area contributed by atoms with E-state index in [1.165, 1.54) is 12.1 Å². The molecule has 0 atom stereocenters. The number of aromatic nitrogens is 2. The van der Waals surface area contributed by atoms with Gasteiger partial charge in [-0.1, -0.05) is 31.2 Å². The van der Waals surface area contributed by atoms with E-state index in [2.05, 4.69) is 11.8 Å². The Morgan fingerprint density at radius 1 is 1.04 bits per heavy atom. The number of piperazine rings is 1. The van der Waals surface area contributed by atoms with Gasteiger partial charge in [-0.05, 0) is 36.4 Å². The molecule has 0 bridgehead atoms. The number of carbonyl (C=O) groups excluding carboxylic acids is 1. The molecule has 6 heteroatoms. The van der Waals surface area contributed by atoms with E-state index < -0.39 is 0 Å². The van der Waals surface area contributed by atoms with Crippen LogP contribution in [0, 0.1) is 5.82 Å². The van der Waals surface area contributed by atoms with E-state index in [0.29, 0.717) is 6.42 Å². The van der Waals surface area contributed by atoms with E-state index >= 15 is 0 Å². The topological polar surface area (TPSA) is 41.4 Å². The van der Waals surface area contributed by atoms with Crippen molar-refractivity contribution in [3.63, 3.8) is 0 Å². The summed E-state index contributed by atoms with van der Waals surface area (Å²) in [5.41, 5.74) is 2.81. The Hall–Kier alpha value is -2.73. The average Bonchev–Trinajstić information content (AvgIpc) is 3.07. The molecule has 1 saturated heterocycles. The lowest BCUT2D eigenvalue weighted by molar-refractivity contribution is -0.133. The first-order valence-corrected chi connectivity index (χ1v) is 9.82. The molecule has 0 spiro atoms. The minimum atomic E-state index is -0.251. The van der Waals surface area contributed by atoms with Gasteiger partial charge in [0.15, 0.2) is 0 Å². The summed E-state index contributed by atoms with van der Waals surface area (Å²) in [5.74, 6) is 0.700.